The second-order valence-electron chi connectivity index (χ2n) is 8.26. The van der Waals surface area contributed by atoms with E-state index < -0.39 is 6.36 Å². The van der Waals surface area contributed by atoms with Crippen LogP contribution in [-0.4, -0.2) is 32.5 Å². The van der Waals surface area contributed by atoms with Crippen molar-refractivity contribution in [3.05, 3.63) is 42.0 Å². The molecule has 0 aliphatic rings. The van der Waals surface area contributed by atoms with Crippen LogP contribution in [0, 0.1) is 5.92 Å². The second kappa shape index (κ2) is 9.65. The number of ether oxygens (including phenoxy) is 1. The lowest BCUT2D eigenvalue weighted by molar-refractivity contribution is -0.274. The van der Waals surface area contributed by atoms with E-state index >= 15 is 0 Å². The number of hydrogen-bond donors (Lipinski definition) is 1. The number of aromatic nitrogens is 3. The molecule has 184 valence electrons. The molecule has 4 aromatic rings. The van der Waals surface area contributed by atoms with Crippen molar-refractivity contribution < 1.29 is 27.5 Å². The Morgan fingerprint density at radius 2 is 1.91 bits per heavy atom. The number of rotatable bonds is 9. The number of carbonyl (C=O) groups excluding carboxylic acids is 2. The summed E-state index contributed by atoms with van der Waals surface area (Å²) in [7, 11) is 1.80. The van der Waals surface area contributed by atoms with Gasteiger partial charge < -0.3 is 14.6 Å². The fourth-order valence-corrected chi connectivity index (χ4v) is 4.63. The molecule has 0 saturated carbocycles. The minimum absolute atomic E-state index is 0.0826. The summed E-state index contributed by atoms with van der Waals surface area (Å²) in [5.74, 6) is -0.223. The van der Waals surface area contributed by atoms with Gasteiger partial charge in [-0.15, -0.1) is 13.2 Å². The first-order valence-electron chi connectivity index (χ1n) is 11.0. The number of halogens is 3. The van der Waals surface area contributed by atoms with E-state index in [-0.39, 0.29) is 29.7 Å². The van der Waals surface area contributed by atoms with Crippen LogP contribution in [0.3, 0.4) is 0 Å². The Labute approximate surface area is 202 Å². The van der Waals surface area contributed by atoms with Crippen molar-refractivity contribution in [1.82, 2.24) is 14.5 Å². The third-order valence-electron chi connectivity index (χ3n) is 5.55. The number of hydrogen-bond acceptors (Lipinski definition) is 7. The number of ketones is 2. The van der Waals surface area contributed by atoms with Crippen molar-refractivity contribution >= 4 is 55.2 Å². The van der Waals surface area contributed by atoms with Crippen LogP contribution in [0.15, 0.2) is 36.4 Å². The van der Waals surface area contributed by atoms with Crippen molar-refractivity contribution in [2.45, 2.75) is 39.5 Å². The molecule has 4 rings (SSSR count). The summed E-state index contributed by atoms with van der Waals surface area (Å²) in [4.78, 5) is 33.7. The van der Waals surface area contributed by atoms with Gasteiger partial charge in [0.2, 0.25) is 5.95 Å². The smallest absolute Gasteiger partial charge is 0.406 e. The Morgan fingerprint density at radius 1 is 1.14 bits per heavy atom. The standard InChI is InChI=1S/C24H23F3N4O3S/c1-4-5-19(32)13(2)10-20(33)14-6-9-18-17(11-14)28-22(31(18)3)30-23-29-16-8-7-15(12-21(16)35-23)34-24(25,26)27/h6-9,11-13H,4-5,10H2,1-3H3,(H,28,29,30)/t13-/m1/s1. The van der Waals surface area contributed by atoms with Crippen molar-refractivity contribution in [2.24, 2.45) is 13.0 Å². The molecule has 35 heavy (non-hydrogen) atoms. The lowest BCUT2D eigenvalue weighted by Crippen LogP contribution is -2.16. The van der Waals surface area contributed by atoms with Crippen LogP contribution in [-0.2, 0) is 11.8 Å². The van der Waals surface area contributed by atoms with Crippen molar-refractivity contribution in [3.63, 3.8) is 0 Å². The van der Waals surface area contributed by atoms with E-state index in [9.17, 15) is 22.8 Å². The first-order chi connectivity index (χ1) is 16.5. The summed E-state index contributed by atoms with van der Waals surface area (Å²) in [5.41, 5.74) is 2.37. The largest absolute Gasteiger partial charge is 0.573 e. The topological polar surface area (TPSA) is 86.1 Å². The van der Waals surface area contributed by atoms with E-state index in [0.29, 0.717) is 38.8 Å². The molecule has 0 radical (unpaired) electrons. The van der Waals surface area contributed by atoms with Crippen molar-refractivity contribution in [2.75, 3.05) is 5.32 Å². The molecule has 2 aromatic heterocycles. The number of alkyl halides is 3. The van der Waals surface area contributed by atoms with Crippen LogP contribution in [0.2, 0.25) is 0 Å². The second-order valence-corrected chi connectivity index (χ2v) is 9.29. The molecule has 2 aromatic carbocycles. The van der Waals surface area contributed by atoms with Gasteiger partial charge in [-0.05, 0) is 36.8 Å². The monoisotopic (exact) mass is 504 g/mol. The maximum Gasteiger partial charge on any atom is 0.573 e. The molecule has 0 bridgehead atoms. The summed E-state index contributed by atoms with van der Waals surface area (Å²) in [6, 6.07) is 9.15. The van der Waals surface area contributed by atoms with Gasteiger partial charge in [0.05, 0.1) is 21.3 Å². The average molecular weight is 505 g/mol. The van der Waals surface area contributed by atoms with Crippen LogP contribution in [0.5, 0.6) is 5.75 Å². The van der Waals surface area contributed by atoms with Gasteiger partial charge in [0.15, 0.2) is 10.9 Å². The molecule has 1 N–H and O–H groups in total. The van der Waals surface area contributed by atoms with Crippen LogP contribution < -0.4 is 10.1 Å². The Balaban J connectivity index is 1.54. The number of benzene rings is 2. The molecular formula is C24H23F3N4O3S. The highest BCUT2D eigenvalue weighted by molar-refractivity contribution is 7.22. The lowest BCUT2D eigenvalue weighted by Gasteiger charge is -2.09. The van der Waals surface area contributed by atoms with Gasteiger partial charge in [-0.3, -0.25) is 9.59 Å². The van der Waals surface area contributed by atoms with Gasteiger partial charge in [0.1, 0.15) is 11.5 Å². The van der Waals surface area contributed by atoms with Gasteiger partial charge in [0.25, 0.3) is 0 Å². The summed E-state index contributed by atoms with van der Waals surface area (Å²) in [6.45, 7) is 3.70. The molecule has 0 fully saturated rings. The number of fused-ring (bicyclic) bond motifs is 2. The highest BCUT2D eigenvalue weighted by Crippen LogP contribution is 2.33. The van der Waals surface area contributed by atoms with E-state index in [4.69, 9.17) is 0 Å². The third kappa shape index (κ3) is 5.61. The molecule has 0 amide bonds. The van der Waals surface area contributed by atoms with E-state index in [2.05, 4.69) is 20.0 Å². The van der Waals surface area contributed by atoms with Crippen molar-refractivity contribution in [3.8, 4) is 5.75 Å². The predicted molar refractivity (Wildman–Crippen MR) is 128 cm³/mol. The molecule has 7 nitrogen and oxygen atoms in total. The highest BCUT2D eigenvalue weighted by Gasteiger charge is 2.31. The molecule has 11 heteroatoms. The Bertz CT molecular complexity index is 1410. The molecule has 0 saturated heterocycles. The summed E-state index contributed by atoms with van der Waals surface area (Å²) < 4.78 is 43.8. The summed E-state index contributed by atoms with van der Waals surface area (Å²) in [6.07, 6.45) is -3.40. The first-order valence-corrected chi connectivity index (χ1v) is 11.8. The van der Waals surface area contributed by atoms with E-state index in [1.165, 1.54) is 18.2 Å². The first kappa shape index (κ1) is 24.6. The fourth-order valence-electron chi connectivity index (χ4n) is 3.74. The zero-order valence-corrected chi connectivity index (χ0v) is 20.1. The molecular weight excluding hydrogens is 481 g/mol. The molecule has 0 aliphatic carbocycles. The van der Waals surface area contributed by atoms with Crippen LogP contribution in [0.1, 0.15) is 43.5 Å². The van der Waals surface area contributed by atoms with Crippen LogP contribution in [0.4, 0.5) is 24.3 Å². The highest BCUT2D eigenvalue weighted by atomic mass is 32.1. The van der Waals surface area contributed by atoms with Crippen molar-refractivity contribution in [1.29, 1.82) is 0 Å². The number of anilines is 2. The van der Waals surface area contributed by atoms with Gasteiger partial charge in [0, 0.05) is 37.4 Å². The molecule has 0 aliphatic heterocycles. The van der Waals surface area contributed by atoms with E-state index in [1.54, 1.807) is 36.7 Å². The number of nitrogens with one attached hydrogen (secondary N) is 1. The minimum Gasteiger partial charge on any atom is -0.406 e. The zero-order valence-electron chi connectivity index (χ0n) is 19.3. The minimum atomic E-state index is -4.77. The third-order valence-corrected chi connectivity index (χ3v) is 6.49. The number of thiazole rings is 1. The summed E-state index contributed by atoms with van der Waals surface area (Å²) >= 11 is 1.16. The van der Waals surface area contributed by atoms with Crippen LogP contribution in [0.25, 0.3) is 21.3 Å². The van der Waals surface area contributed by atoms with Crippen LogP contribution >= 0.6 is 11.3 Å². The lowest BCUT2D eigenvalue weighted by atomic mass is 9.94. The van der Waals surface area contributed by atoms with Gasteiger partial charge in [-0.2, -0.15) is 0 Å². The average Bonchev–Trinajstić information content (AvgIpc) is 3.32. The molecule has 2 heterocycles. The maximum absolute atomic E-state index is 12.7. The zero-order chi connectivity index (χ0) is 25.3. The SMILES string of the molecule is CCCC(=O)[C@H](C)CC(=O)c1ccc2c(c1)nc(Nc1nc3ccc(OC(F)(F)F)cc3s1)n2C. The Hall–Kier alpha value is -3.47. The maximum atomic E-state index is 12.7. The van der Waals surface area contributed by atoms with Gasteiger partial charge >= 0.3 is 6.36 Å². The number of carbonyl (C=O) groups is 2. The fraction of sp³-hybridized carbons (Fsp3) is 0.333. The van der Waals surface area contributed by atoms with Gasteiger partial charge in [-0.1, -0.05) is 25.2 Å². The number of imidazole rings is 1. The predicted octanol–water partition coefficient (Wildman–Crippen LogP) is 6.40. The number of Topliss-reactive ketones (excluding diaryl/α,β-unsaturated/α-hetero) is 2. The quantitative estimate of drug-likeness (QED) is 0.265. The number of nitrogens with zero attached hydrogens (tertiary/aromatic N) is 3. The normalized spacial score (nSPS) is 12.7. The molecule has 0 unspecified atom stereocenters. The summed E-state index contributed by atoms with van der Waals surface area (Å²) in [5, 5.41) is 3.54. The van der Waals surface area contributed by atoms with Gasteiger partial charge in [-0.25, -0.2) is 9.97 Å². The Morgan fingerprint density at radius 3 is 2.63 bits per heavy atom. The van der Waals surface area contributed by atoms with E-state index in [1.807, 2.05) is 6.92 Å². The molecule has 1 atom stereocenters. The Kier molecular flexibility index (Phi) is 6.79. The van der Waals surface area contributed by atoms with E-state index in [0.717, 1.165) is 23.3 Å². The number of aryl methyl sites for hydroxylation is 1. The molecule has 0 spiro atoms.